The van der Waals surface area contributed by atoms with Crippen LogP contribution in [0.4, 0.5) is 5.69 Å². The number of nitrogens with zero attached hydrogens (tertiary/aromatic N) is 1. The zero-order valence-corrected chi connectivity index (χ0v) is 16.0. The number of methoxy groups -OCH3 is 2. The van der Waals surface area contributed by atoms with Gasteiger partial charge in [-0.1, -0.05) is 6.08 Å². The molecular weight excluding hydrogens is 370 g/mol. The molecule has 1 heterocycles. The van der Waals surface area contributed by atoms with Crippen LogP contribution in [0.5, 0.6) is 23.0 Å². The Morgan fingerprint density at radius 3 is 2.41 bits per heavy atom. The van der Waals surface area contributed by atoms with Gasteiger partial charge in [0.25, 0.3) is 10.0 Å². The fraction of sp³-hybridized carbons (Fsp3) is 0.263. The van der Waals surface area contributed by atoms with Crippen molar-refractivity contribution in [2.45, 2.75) is 4.90 Å². The maximum Gasteiger partial charge on any atom is 0.264 e. The van der Waals surface area contributed by atoms with Crippen LogP contribution in [0.2, 0.25) is 0 Å². The summed E-state index contributed by atoms with van der Waals surface area (Å²) in [5.74, 6) is 1.88. The molecule has 0 bridgehead atoms. The molecule has 8 heteroatoms. The molecule has 1 aliphatic heterocycles. The van der Waals surface area contributed by atoms with Crippen molar-refractivity contribution >= 4 is 15.7 Å². The van der Waals surface area contributed by atoms with Crippen LogP contribution >= 0.6 is 0 Å². The Morgan fingerprint density at radius 1 is 1.04 bits per heavy atom. The molecule has 0 saturated carbocycles. The van der Waals surface area contributed by atoms with Crippen LogP contribution in [-0.4, -0.2) is 42.4 Å². The quantitative estimate of drug-likeness (QED) is 0.676. The molecule has 0 aliphatic carbocycles. The number of benzene rings is 2. The average molecular weight is 391 g/mol. The van der Waals surface area contributed by atoms with Gasteiger partial charge in [-0.2, -0.15) is 0 Å². The lowest BCUT2D eigenvalue weighted by Gasteiger charge is -2.26. The fourth-order valence-corrected chi connectivity index (χ4v) is 4.19. The number of anilines is 1. The Morgan fingerprint density at radius 2 is 1.74 bits per heavy atom. The first-order valence-corrected chi connectivity index (χ1v) is 9.70. The van der Waals surface area contributed by atoms with Crippen LogP contribution in [0.3, 0.4) is 0 Å². The second-order valence-electron chi connectivity index (χ2n) is 5.67. The summed E-state index contributed by atoms with van der Waals surface area (Å²) in [7, 11) is -0.924. The summed E-state index contributed by atoms with van der Waals surface area (Å²) in [5, 5.41) is 0. The fourth-order valence-electron chi connectivity index (χ4n) is 2.75. The summed E-state index contributed by atoms with van der Waals surface area (Å²) in [6.45, 7) is 4.65. The monoisotopic (exact) mass is 391 g/mol. The third-order valence-electron chi connectivity index (χ3n) is 4.05. The number of hydrogen-bond donors (Lipinski definition) is 0. The van der Waals surface area contributed by atoms with Gasteiger partial charge in [-0.15, -0.1) is 6.58 Å². The van der Waals surface area contributed by atoms with Gasteiger partial charge in [0.15, 0.2) is 23.0 Å². The molecule has 3 rings (SSSR count). The SMILES string of the molecule is C=CCN(c1ccc2c(c1)OCCO2)S(=O)(=O)c1ccc(OC)c(OC)c1. The van der Waals surface area contributed by atoms with Gasteiger partial charge in [0, 0.05) is 12.1 Å². The average Bonchev–Trinajstić information content (AvgIpc) is 2.70. The Kier molecular flexibility index (Phi) is 5.46. The molecule has 0 fully saturated rings. The second kappa shape index (κ2) is 7.79. The highest BCUT2D eigenvalue weighted by molar-refractivity contribution is 7.92. The van der Waals surface area contributed by atoms with E-state index >= 15 is 0 Å². The molecule has 0 aromatic heterocycles. The molecule has 0 radical (unpaired) electrons. The third kappa shape index (κ3) is 3.66. The predicted molar refractivity (Wildman–Crippen MR) is 102 cm³/mol. The van der Waals surface area contributed by atoms with Crippen LogP contribution < -0.4 is 23.3 Å². The largest absolute Gasteiger partial charge is 0.493 e. The Balaban J connectivity index is 2.04. The van der Waals surface area contributed by atoms with Crippen LogP contribution in [0, 0.1) is 0 Å². The highest BCUT2D eigenvalue weighted by atomic mass is 32.2. The van der Waals surface area contributed by atoms with Gasteiger partial charge >= 0.3 is 0 Å². The standard InChI is InChI=1S/C19H21NO6S/c1-4-9-20(14-5-7-17-19(12-14)26-11-10-25-17)27(21,22)15-6-8-16(23-2)18(13-15)24-3/h4-8,12-13H,1,9-11H2,2-3H3. The third-order valence-corrected chi connectivity index (χ3v) is 5.84. The van der Waals surface area contributed by atoms with Gasteiger partial charge < -0.3 is 18.9 Å². The van der Waals surface area contributed by atoms with Crippen molar-refractivity contribution in [1.29, 1.82) is 0 Å². The van der Waals surface area contributed by atoms with E-state index in [-0.39, 0.29) is 11.4 Å². The molecule has 1 aliphatic rings. The lowest BCUT2D eigenvalue weighted by molar-refractivity contribution is 0.171. The highest BCUT2D eigenvalue weighted by Gasteiger charge is 2.27. The molecule has 0 amide bonds. The van der Waals surface area contributed by atoms with E-state index in [1.165, 1.54) is 36.7 Å². The summed E-state index contributed by atoms with van der Waals surface area (Å²) in [5.41, 5.74) is 0.453. The maximum atomic E-state index is 13.3. The number of sulfonamides is 1. The van der Waals surface area contributed by atoms with Crippen molar-refractivity contribution in [3.05, 3.63) is 49.1 Å². The van der Waals surface area contributed by atoms with E-state index in [1.807, 2.05) is 0 Å². The van der Waals surface area contributed by atoms with Crippen molar-refractivity contribution in [3.8, 4) is 23.0 Å². The predicted octanol–water partition coefficient (Wildman–Crippen LogP) is 2.86. The summed E-state index contributed by atoms with van der Waals surface area (Å²) >= 11 is 0. The Bertz CT molecular complexity index is 941. The smallest absolute Gasteiger partial charge is 0.264 e. The first kappa shape index (κ1) is 18.9. The van der Waals surface area contributed by atoms with Crippen molar-refractivity contribution in [2.75, 3.05) is 38.3 Å². The molecule has 0 saturated heterocycles. The molecule has 7 nitrogen and oxygen atoms in total. The van der Waals surface area contributed by atoms with Gasteiger partial charge in [0.1, 0.15) is 13.2 Å². The van der Waals surface area contributed by atoms with Crippen LogP contribution in [-0.2, 0) is 10.0 Å². The molecule has 0 atom stereocenters. The van der Waals surface area contributed by atoms with E-state index in [0.717, 1.165) is 0 Å². The summed E-state index contributed by atoms with van der Waals surface area (Å²) in [6.07, 6.45) is 1.52. The molecule has 0 unspecified atom stereocenters. The maximum absolute atomic E-state index is 13.3. The van der Waals surface area contributed by atoms with Crippen molar-refractivity contribution < 1.29 is 27.4 Å². The van der Waals surface area contributed by atoms with E-state index in [2.05, 4.69) is 6.58 Å². The lowest BCUT2D eigenvalue weighted by atomic mass is 10.2. The number of fused-ring (bicyclic) bond motifs is 1. The number of ether oxygens (including phenoxy) is 4. The molecule has 2 aromatic rings. The zero-order valence-electron chi connectivity index (χ0n) is 15.2. The number of rotatable bonds is 7. The molecule has 2 aromatic carbocycles. The van der Waals surface area contributed by atoms with Gasteiger partial charge in [-0.05, 0) is 24.3 Å². The van der Waals surface area contributed by atoms with Gasteiger partial charge in [-0.25, -0.2) is 8.42 Å². The number of hydrogen-bond acceptors (Lipinski definition) is 6. The minimum atomic E-state index is -3.87. The minimum Gasteiger partial charge on any atom is -0.493 e. The van der Waals surface area contributed by atoms with E-state index in [4.69, 9.17) is 18.9 Å². The van der Waals surface area contributed by atoms with E-state index in [9.17, 15) is 8.42 Å². The summed E-state index contributed by atoms with van der Waals surface area (Å²) in [4.78, 5) is 0.0805. The van der Waals surface area contributed by atoms with Crippen molar-refractivity contribution in [1.82, 2.24) is 0 Å². The zero-order chi connectivity index (χ0) is 19.4. The van der Waals surface area contributed by atoms with Crippen LogP contribution in [0.25, 0.3) is 0 Å². The molecule has 0 N–H and O–H groups in total. The Hall–Kier alpha value is -2.87. The molecule has 27 heavy (non-hydrogen) atoms. The summed E-state index contributed by atoms with van der Waals surface area (Å²) in [6, 6.07) is 9.49. The minimum absolute atomic E-state index is 0.0805. The van der Waals surface area contributed by atoms with E-state index < -0.39 is 10.0 Å². The summed E-state index contributed by atoms with van der Waals surface area (Å²) < 4.78 is 49.3. The van der Waals surface area contributed by atoms with Gasteiger partial charge in [-0.3, -0.25) is 4.31 Å². The molecule has 144 valence electrons. The van der Waals surface area contributed by atoms with Gasteiger partial charge in [0.05, 0.1) is 31.3 Å². The van der Waals surface area contributed by atoms with Crippen LogP contribution in [0.1, 0.15) is 0 Å². The molecular formula is C19H21NO6S. The lowest BCUT2D eigenvalue weighted by Crippen LogP contribution is -2.31. The highest BCUT2D eigenvalue weighted by Crippen LogP contribution is 2.37. The first-order chi connectivity index (χ1) is 13.0. The first-order valence-electron chi connectivity index (χ1n) is 8.26. The topological polar surface area (TPSA) is 74.3 Å². The molecule has 0 spiro atoms. The van der Waals surface area contributed by atoms with E-state index in [0.29, 0.717) is 41.9 Å². The van der Waals surface area contributed by atoms with Crippen molar-refractivity contribution in [2.24, 2.45) is 0 Å². The van der Waals surface area contributed by atoms with Crippen LogP contribution in [0.15, 0.2) is 53.9 Å². The second-order valence-corrected chi connectivity index (χ2v) is 7.53. The Labute approximate surface area is 158 Å². The van der Waals surface area contributed by atoms with E-state index in [1.54, 1.807) is 24.3 Å². The normalized spacial score (nSPS) is 13.0. The van der Waals surface area contributed by atoms with Gasteiger partial charge in [0.2, 0.25) is 0 Å². The van der Waals surface area contributed by atoms with Crippen molar-refractivity contribution in [3.63, 3.8) is 0 Å².